The maximum atomic E-state index is 12.3. The van der Waals surface area contributed by atoms with Crippen LogP contribution in [0.3, 0.4) is 0 Å². The first-order chi connectivity index (χ1) is 26.2. The van der Waals surface area contributed by atoms with Gasteiger partial charge >= 0.3 is 19.5 Å². The molecule has 2 aliphatic heterocycles. The van der Waals surface area contributed by atoms with Gasteiger partial charge in [-0.2, -0.15) is 8.42 Å². The van der Waals surface area contributed by atoms with Crippen LogP contribution in [0.4, 0.5) is 0 Å². The van der Waals surface area contributed by atoms with Crippen LogP contribution in [0.15, 0.2) is 77.7 Å². The normalized spacial score (nSPS) is 13.1. The molecule has 11 nitrogen and oxygen atoms in total. The number of rotatable bonds is 1. The van der Waals surface area contributed by atoms with E-state index in [0.29, 0.717) is 45.4 Å². The smallest absolute Gasteiger partial charge is 0.357 e. The van der Waals surface area contributed by atoms with Gasteiger partial charge in [0.1, 0.15) is 0 Å². The van der Waals surface area contributed by atoms with Crippen LogP contribution < -0.4 is 9.97 Å². The Kier molecular flexibility index (Phi) is 8.74. The third kappa shape index (κ3) is 6.65. The molecule has 1 N–H and O–H groups in total. The van der Waals surface area contributed by atoms with Crippen LogP contribution in [0.25, 0.3) is 89.7 Å². The van der Waals surface area contributed by atoms with E-state index in [1.54, 1.807) is 6.07 Å². The molecule has 282 valence electrons. The molecule has 0 aliphatic carbocycles. The quantitative estimate of drug-likeness (QED) is 0.124. The van der Waals surface area contributed by atoms with Crippen molar-refractivity contribution < 1.29 is 32.4 Å². The van der Waals surface area contributed by atoms with Crippen molar-refractivity contribution in [2.24, 2.45) is 0 Å². The van der Waals surface area contributed by atoms with Gasteiger partial charge in [0.15, 0.2) is 0 Å². The molecule has 0 saturated heterocycles. The van der Waals surface area contributed by atoms with Crippen LogP contribution in [0, 0.1) is 0 Å². The summed E-state index contributed by atoms with van der Waals surface area (Å²) in [5.41, 5.74) is 7.05. The van der Waals surface area contributed by atoms with Crippen molar-refractivity contribution in [3.05, 3.63) is 89.5 Å². The molecule has 0 amide bonds. The number of benzene rings is 4. The van der Waals surface area contributed by atoms with Gasteiger partial charge < -0.3 is 29.9 Å². The fourth-order valence-electron chi connectivity index (χ4n) is 7.20. The molecule has 3 aromatic heterocycles. The predicted molar refractivity (Wildman–Crippen MR) is 220 cm³/mol. The summed E-state index contributed by atoms with van der Waals surface area (Å²) in [4.78, 5) is 40.0. The Morgan fingerprint density at radius 1 is 0.439 bits per heavy atom. The molecule has 0 spiro atoms. The molecule has 4 aromatic carbocycles. The SMILES string of the molecule is CC(C)(C)c1ccc2c(c1)-c1nc-2nc2[n-]c(nc3nc(nc4[n-]c(n1)c1ccc(C(C)(C)C)cc41)-c1ccc(S(=O)(=O)O)cc1-3)c1ccc(C(C)(C)C)cc21.[Zn+2]. The zero-order chi connectivity index (χ0) is 39.7. The fraction of sp³-hybridized carbons (Fsp3) is 0.273. The van der Waals surface area contributed by atoms with E-state index < -0.39 is 10.1 Å². The maximum Gasteiger partial charge on any atom is 2.00 e. The zero-order valence-corrected chi connectivity index (χ0v) is 37.2. The molecular weight excluding hydrogens is 786 g/mol. The van der Waals surface area contributed by atoms with Gasteiger partial charge in [0.2, 0.25) is 0 Å². The minimum absolute atomic E-state index is 0. The van der Waals surface area contributed by atoms with Crippen LogP contribution >= 0.6 is 0 Å². The summed E-state index contributed by atoms with van der Waals surface area (Å²) in [5, 5.41) is 3.09. The van der Waals surface area contributed by atoms with Crippen molar-refractivity contribution in [2.45, 2.75) is 83.5 Å². The van der Waals surface area contributed by atoms with Gasteiger partial charge in [-0.3, -0.25) is 4.55 Å². The molecule has 0 radical (unpaired) electrons. The second-order valence-corrected chi connectivity index (χ2v) is 19.1. The summed E-state index contributed by atoms with van der Waals surface area (Å²) < 4.78 is 34.7. The monoisotopic (exact) mass is 824 g/mol. The first-order valence-corrected chi connectivity index (χ1v) is 19.9. The Balaban J connectivity index is 0.00000455. The second kappa shape index (κ2) is 12.9. The molecule has 2 aliphatic rings. The van der Waals surface area contributed by atoms with E-state index in [9.17, 15) is 13.0 Å². The predicted octanol–water partition coefficient (Wildman–Crippen LogP) is 9.26. The second-order valence-electron chi connectivity index (χ2n) is 17.7. The van der Waals surface area contributed by atoms with E-state index in [2.05, 4.69) is 98.7 Å². The third-order valence-corrected chi connectivity index (χ3v) is 11.4. The van der Waals surface area contributed by atoms with Crippen molar-refractivity contribution in [3.63, 3.8) is 0 Å². The third-order valence-electron chi connectivity index (χ3n) is 10.6. The summed E-state index contributed by atoms with van der Waals surface area (Å²) in [7, 11) is -4.54. The number of nitrogens with zero attached hydrogens (tertiary/aromatic N) is 8. The molecule has 0 atom stereocenters. The van der Waals surface area contributed by atoms with Crippen molar-refractivity contribution in [3.8, 4) is 45.6 Å². The van der Waals surface area contributed by atoms with Crippen molar-refractivity contribution >= 4 is 54.3 Å². The van der Waals surface area contributed by atoms with Crippen molar-refractivity contribution in [1.82, 2.24) is 39.9 Å². The minimum Gasteiger partial charge on any atom is -0.357 e. The molecule has 0 saturated carbocycles. The zero-order valence-electron chi connectivity index (χ0n) is 33.4. The summed E-state index contributed by atoms with van der Waals surface area (Å²) >= 11 is 0. The van der Waals surface area contributed by atoms with E-state index in [0.717, 1.165) is 49.4 Å². The number of fused-ring (bicyclic) bond motifs is 20. The number of hydrogen-bond donors (Lipinski definition) is 1. The van der Waals surface area contributed by atoms with Crippen LogP contribution in [-0.2, 0) is 45.8 Å². The topological polar surface area (TPSA) is 160 Å². The molecule has 13 heteroatoms. The summed E-state index contributed by atoms with van der Waals surface area (Å²) in [5.74, 6) is 1.42. The minimum atomic E-state index is -4.54. The van der Waals surface area contributed by atoms with E-state index in [1.165, 1.54) is 12.1 Å². The summed E-state index contributed by atoms with van der Waals surface area (Å²) in [6.07, 6.45) is 0. The first-order valence-electron chi connectivity index (χ1n) is 18.5. The van der Waals surface area contributed by atoms with Gasteiger partial charge in [-0.15, -0.1) is 0 Å². The Morgan fingerprint density at radius 2 is 0.789 bits per heavy atom. The van der Waals surface area contributed by atoms with Crippen LogP contribution in [0.5, 0.6) is 0 Å². The summed E-state index contributed by atoms with van der Waals surface area (Å²) in [6.45, 7) is 19.4. The molecule has 5 heterocycles. The summed E-state index contributed by atoms with van der Waals surface area (Å²) in [6, 6.07) is 22.9. The van der Waals surface area contributed by atoms with Crippen molar-refractivity contribution in [2.75, 3.05) is 0 Å². The molecule has 0 unspecified atom stereocenters. The van der Waals surface area contributed by atoms with Crippen molar-refractivity contribution in [1.29, 1.82) is 0 Å². The Morgan fingerprint density at radius 3 is 1.21 bits per heavy atom. The molecule has 9 rings (SSSR count). The van der Waals surface area contributed by atoms with E-state index in [4.69, 9.17) is 39.9 Å². The Bertz CT molecular complexity index is 3110. The van der Waals surface area contributed by atoms with Crippen LogP contribution in [0.2, 0.25) is 0 Å². The fourth-order valence-corrected chi connectivity index (χ4v) is 7.71. The number of hydrogen-bond acceptors (Lipinski definition) is 8. The molecule has 0 fully saturated rings. The molecule has 8 bridgehead atoms. The van der Waals surface area contributed by atoms with Gasteiger partial charge in [0, 0.05) is 44.8 Å². The van der Waals surface area contributed by atoms with Gasteiger partial charge in [0.25, 0.3) is 10.1 Å². The Labute approximate surface area is 343 Å². The largest absolute Gasteiger partial charge is 2.00 e. The maximum absolute atomic E-state index is 12.3. The average Bonchev–Trinajstić information content (AvgIpc) is 3.84. The molecular formula is C44H40N8O3SZn. The van der Waals surface area contributed by atoms with Gasteiger partial charge in [-0.05, 0) is 84.8 Å². The molecule has 57 heavy (non-hydrogen) atoms. The van der Waals surface area contributed by atoms with Gasteiger partial charge in [0.05, 0.1) is 28.2 Å². The van der Waals surface area contributed by atoms with Gasteiger partial charge in [-0.25, -0.2) is 9.97 Å². The van der Waals surface area contributed by atoms with E-state index >= 15 is 0 Å². The number of aromatic nitrogens is 8. The average molecular weight is 826 g/mol. The van der Waals surface area contributed by atoms with E-state index in [1.807, 2.05) is 18.2 Å². The molecule has 7 aromatic rings. The van der Waals surface area contributed by atoms with E-state index in [-0.39, 0.29) is 52.3 Å². The van der Waals surface area contributed by atoms with Gasteiger partial charge in [-0.1, -0.05) is 105 Å². The van der Waals surface area contributed by atoms with Crippen LogP contribution in [-0.4, -0.2) is 42.9 Å². The standard InChI is InChI=1S/C44H40N8O3S.Zn/c1-42(2,3)22-10-14-26-30(18-22)38-45-34(26)47-39-32-20-24(44(7,8)9)12-16-28(32)36(49-39)51-41-33-21-25(56(53,54)55)13-17-29(33)37(52-41)50-40-31-19-23(43(4,5)6)11-15-27(31)35(46-38)48-40;/h10-21H,1-9H3,(H-2,45,46,47,48,49,50,51,52,53,54,55);/q-2;+2. The first kappa shape index (κ1) is 38.6. The van der Waals surface area contributed by atoms with Crippen LogP contribution in [0.1, 0.15) is 79.0 Å². The Hall–Kier alpha value is -5.23.